The molecule has 0 unspecified atom stereocenters. The monoisotopic (exact) mass is 408 g/mol. The summed E-state index contributed by atoms with van der Waals surface area (Å²) in [6.07, 6.45) is 2.37. The standard InChI is InChI=1S/C26H32O2S/c1-17(2)13-14-20-10-8-11-21(27-6)26(20)24-16-15-23(29-24)25-19(5)9-7-12-22(25)28-18(3)4/h7-12,15-18H,13-14H2,1-6H3. The van der Waals surface area contributed by atoms with E-state index in [1.165, 1.54) is 38.4 Å². The SMILES string of the molecule is COc1cccc(CCC(C)C)c1-c1ccc(-c2c(C)cccc2OC(C)C)s1. The highest BCUT2D eigenvalue weighted by molar-refractivity contribution is 7.19. The molecule has 0 aliphatic carbocycles. The zero-order chi connectivity index (χ0) is 21.0. The van der Waals surface area contributed by atoms with Crippen molar-refractivity contribution in [3.8, 4) is 32.4 Å². The molecule has 0 radical (unpaired) electrons. The van der Waals surface area contributed by atoms with Crippen LogP contribution in [0.5, 0.6) is 11.5 Å². The first kappa shape index (κ1) is 21.4. The Balaban J connectivity index is 2.06. The minimum absolute atomic E-state index is 0.145. The van der Waals surface area contributed by atoms with Gasteiger partial charge in [0.2, 0.25) is 0 Å². The van der Waals surface area contributed by atoms with Gasteiger partial charge in [-0.25, -0.2) is 0 Å². The van der Waals surface area contributed by atoms with Crippen molar-refractivity contribution in [2.45, 2.75) is 53.6 Å². The Morgan fingerprint density at radius 1 is 0.828 bits per heavy atom. The van der Waals surface area contributed by atoms with E-state index >= 15 is 0 Å². The summed E-state index contributed by atoms with van der Waals surface area (Å²) in [5.41, 5.74) is 5.01. The number of benzene rings is 2. The first-order valence-electron chi connectivity index (χ1n) is 10.4. The van der Waals surface area contributed by atoms with Crippen molar-refractivity contribution in [3.05, 3.63) is 59.7 Å². The number of thiophene rings is 1. The van der Waals surface area contributed by atoms with E-state index in [4.69, 9.17) is 9.47 Å². The first-order chi connectivity index (χ1) is 13.9. The second-order valence-corrected chi connectivity index (χ2v) is 9.29. The molecule has 3 heteroatoms. The third-order valence-corrected chi connectivity index (χ3v) is 6.14. The minimum atomic E-state index is 0.145. The smallest absolute Gasteiger partial charge is 0.128 e. The van der Waals surface area contributed by atoms with E-state index in [9.17, 15) is 0 Å². The first-order valence-corrected chi connectivity index (χ1v) is 11.2. The van der Waals surface area contributed by atoms with Gasteiger partial charge >= 0.3 is 0 Å². The van der Waals surface area contributed by atoms with E-state index in [0.717, 1.165) is 17.9 Å². The summed E-state index contributed by atoms with van der Waals surface area (Å²) < 4.78 is 11.9. The van der Waals surface area contributed by atoms with Crippen LogP contribution in [-0.4, -0.2) is 13.2 Å². The quantitative estimate of drug-likeness (QED) is 0.379. The molecule has 0 saturated heterocycles. The molecule has 0 aliphatic heterocycles. The zero-order valence-corrected chi connectivity index (χ0v) is 19.2. The van der Waals surface area contributed by atoms with Crippen molar-refractivity contribution >= 4 is 11.3 Å². The van der Waals surface area contributed by atoms with Crippen LogP contribution >= 0.6 is 11.3 Å². The largest absolute Gasteiger partial charge is 0.496 e. The molecule has 1 heterocycles. The molecule has 0 bridgehead atoms. The fourth-order valence-corrected chi connectivity index (χ4v) is 4.80. The molecule has 154 valence electrons. The van der Waals surface area contributed by atoms with Gasteiger partial charge in [0, 0.05) is 20.9 Å². The van der Waals surface area contributed by atoms with E-state index in [-0.39, 0.29) is 6.10 Å². The van der Waals surface area contributed by atoms with Gasteiger partial charge in [-0.05, 0) is 74.9 Å². The van der Waals surface area contributed by atoms with Crippen molar-refractivity contribution in [3.63, 3.8) is 0 Å². The highest BCUT2D eigenvalue weighted by Crippen LogP contribution is 2.44. The maximum atomic E-state index is 6.11. The van der Waals surface area contributed by atoms with Crippen LogP contribution in [0.3, 0.4) is 0 Å². The molecule has 0 saturated carbocycles. The van der Waals surface area contributed by atoms with Crippen LogP contribution in [0.25, 0.3) is 20.9 Å². The molecule has 0 fully saturated rings. The predicted molar refractivity (Wildman–Crippen MR) is 125 cm³/mol. The van der Waals surface area contributed by atoms with Gasteiger partial charge in [-0.2, -0.15) is 0 Å². The number of aryl methyl sites for hydroxylation is 2. The lowest BCUT2D eigenvalue weighted by Crippen LogP contribution is -2.06. The van der Waals surface area contributed by atoms with Crippen LogP contribution in [0.4, 0.5) is 0 Å². The van der Waals surface area contributed by atoms with E-state index in [2.05, 4.69) is 83.1 Å². The Bertz CT molecular complexity index is 953. The fraction of sp³-hybridized carbons (Fsp3) is 0.385. The predicted octanol–water partition coefficient (Wildman–Crippen LogP) is 7.77. The average Bonchev–Trinajstić information content (AvgIpc) is 3.14. The number of hydrogen-bond donors (Lipinski definition) is 0. The second-order valence-electron chi connectivity index (χ2n) is 8.21. The van der Waals surface area contributed by atoms with E-state index in [1.54, 1.807) is 7.11 Å². The normalized spacial score (nSPS) is 11.3. The van der Waals surface area contributed by atoms with E-state index in [0.29, 0.717) is 5.92 Å². The molecule has 0 N–H and O–H groups in total. The van der Waals surface area contributed by atoms with Gasteiger partial charge in [-0.3, -0.25) is 0 Å². The van der Waals surface area contributed by atoms with Gasteiger partial charge in [0.25, 0.3) is 0 Å². The van der Waals surface area contributed by atoms with Gasteiger partial charge in [0.05, 0.1) is 13.2 Å². The van der Waals surface area contributed by atoms with Gasteiger partial charge in [0.15, 0.2) is 0 Å². The molecule has 3 rings (SSSR count). The Morgan fingerprint density at radius 3 is 2.14 bits per heavy atom. The Kier molecular flexibility index (Phi) is 7.02. The molecule has 0 spiro atoms. The van der Waals surface area contributed by atoms with Crippen LogP contribution in [0.2, 0.25) is 0 Å². The van der Waals surface area contributed by atoms with Crippen molar-refractivity contribution < 1.29 is 9.47 Å². The third kappa shape index (κ3) is 5.02. The summed E-state index contributed by atoms with van der Waals surface area (Å²) in [6, 6.07) is 17.1. The summed E-state index contributed by atoms with van der Waals surface area (Å²) in [5.74, 6) is 2.58. The van der Waals surface area contributed by atoms with E-state index in [1.807, 2.05) is 11.3 Å². The highest BCUT2D eigenvalue weighted by atomic mass is 32.1. The molecule has 2 aromatic carbocycles. The number of rotatable bonds is 8. The van der Waals surface area contributed by atoms with Crippen molar-refractivity contribution in [2.75, 3.05) is 7.11 Å². The zero-order valence-electron chi connectivity index (χ0n) is 18.4. The van der Waals surface area contributed by atoms with Crippen LogP contribution in [-0.2, 0) is 6.42 Å². The topological polar surface area (TPSA) is 18.5 Å². The Labute approximate surface area is 179 Å². The van der Waals surface area contributed by atoms with Crippen molar-refractivity contribution in [2.24, 2.45) is 5.92 Å². The maximum absolute atomic E-state index is 6.11. The molecular weight excluding hydrogens is 376 g/mol. The van der Waals surface area contributed by atoms with E-state index < -0.39 is 0 Å². The lowest BCUT2D eigenvalue weighted by molar-refractivity contribution is 0.243. The minimum Gasteiger partial charge on any atom is -0.496 e. The third-order valence-electron chi connectivity index (χ3n) is 5.02. The molecular formula is C26H32O2S. The van der Waals surface area contributed by atoms with Crippen LogP contribution in [0, 0.1) is 12.8 Å². The summed E-state index contributed by atoms with van der Waals surface area (Å²) in [5, 5.41) is 0. The number of hydrogen-bond acceptors (Lipinski definition) is 3. The van der Waals surface area contributed by atoms with Crippen LogP contribution in [0.15, 0.2) is 48.5 Å². The Morgan fingerprint density at radius 2 is 1.48 bits per heavy atom. The lowest BCUT2D eigenvalue weighted by atomic mass is 9.97. The fourth-order valence-electron chi connectivity index (χ4n) is 3.59. The Hall–Kier alpha value is -2.26. The molecule has 29 heavy (non-hydrogen) atoms. The average molecular weight is 409 g/mol. The molecule has 1 aromatic heterocycles. The summed E-state index contributed by atoms with van der Waals surface area (Å²) in [4.78, 5) is 2.48. The highest BCUT2D eigenvalue weighted by Gasteiger charge is 2.17. The van der Waals surface area contributed by atoms with Crippen LogP contribution in [0.1, 0.15) is 45.2 Å². The molecule has 0 aliphatic rings. The molecule has 3 aromatic rings. The maximum Gasteiger partial charge on any atom is 0.128 e. The van der Waals surface area contributed by atoms with Crippen molar-refractivity contribution in [1.29, 1.82) is 0 Å². The molecule has 0 atom stereocenters. The van der Waals surface area contributed by atoms with Gasteiger partial charge in [-0.15, -0.1) is 11.3 Å². The van der Waals surface area contributed by atoms with Gasteiger partial charge < -0.3 is 9.47 Å². The number of methoxy groups -OCH3 is 1. The van der Waals surface area contributed by atoms with Crippen molar-refractivity contribution in [1.82, 2.24) is 0 Å². The second kappa shape index (κ2) is 9.49. The lowest BCUT2D eigenvalue weighted by Gasteiger charge is -2.16. The van der Waals surface area contributed by atoms with Crippen LogP contribution < -0.4 is 9.47 Å². The summed E-state index contributed by atoms with van der Waals surface area (Å²) in [6.45, 7) is 10.8. The molecule has 2 nitrogen and oxygen atoms in total. The van der Waals surface area contributed by atoms with Gasteiger partial charge in [-0.1, -0.05) is 38.1 Å². The molecule has 0 amide bonds. The van der Waals surface area contributed by atoms with Gasteiger partial charge in [0.1, 0.15) is 11.5 Å². The summed E-state index contributed by atoms with van der Waals surface area (Å²) in [7, 11) is 1.76. The number of ether oxygens (including phenoxy) is 2. The summed E-state index contributed by atoms with van der Waals surface area (Å²) >= 11 is 1.81.